The molecule has 1 saturated heterocycles. The average molecular weight is 252 g/mol. The van der Waals surface area contributed by atoms with Crippen molar-refractivity contribution in [3.63, 3.8) is 0 Å². The Labute approximate surface area is 105 Å². The zero-order chi connectivity index (χ0) is 12.3. The van der Waals surface area contributed by atoms with Gasteiger partial charge in [-0.3, -0.25) is 0 Å². The number of halogens is 1. The number of hydrogen-bond acceptors (Lipinski definition) is 4. The van der Waals surface area contributed by atoms with Gasteiger partial charge in [0.15, 0.2) is 0 Å². The van der Waals surface area contributed by atoms with Gasteiger partial charge >= 0.3 is 0 Å². The van der Waals surface area contributed by atoms with Crippen LogP contribution in [0.4, 0.5) is 5.82 Å². The van der Waals surface area contributed by atoms with Gasteiger partial charge in [-0.15, -0.1) is 0 Å². The molecule has 1 aromatic heterocycles. The molecule has 2 heterocycles. The summed E-state index contributed by atoms with van der Waals surface area (Å²) in [6.45, 7) is 1.95. The molecule has 1 aromatic rings. The van der Waals surface area contributed by atoms with Gasteiger partial charge in [0, 0.05) is 25.9 Å². The van der Waals surface area contributed by atoms with Gasteiger partial charge in [-0.1, -0.05) is 11.6 Å². The average Bonchev–Trinajstić information content (AvgIpc) is 2.78. The molecule has 0 aliphatic carbocycles. The third-order valence-corrected chi connectivity index (χ3v) is 3.49. The van der Waals surface area contributed by atoms with Crippen LogP contribution in [0.1, 0.15) is 18.4 Å². The van der Waals surface area contributed by atoms with Crippen LogP contribution in [0.15, 0.2) is 12.3 Å². The van der Waals surface area contributed by atoms with Crippen molar-refractivity contribution in [1.29, 1.82) is 5.26 Å². The Bertz CT molecular complexity index is 444. The van der Waals surface area contributed by atoms with Gasteiger partial charge in [0.25, 0.3) is 0 Å². The molecule has 1 fully saturated rings. The maximum atomic E-state index is 8.92. The van der Waals surface area contributed by atoms with E-state index in [-0.39, 0.29) is 6.61 Å². The fourth-order valence-corrected chi connectivity index (χ4v) is 2.46. The van der Waals surface area contributed by atoms with E-state index in [2.05, 4.69) is 16.0 Å². The standard InChI is InChI=1S/C12H14ClN3O/c13-11-10(7-14)1-4-15-12(11)16-5-2-9(8-16)3-6-17/h1,4,9,17H,2-3,5-6,8H2. The third kappa shape index (κ3) is 2.51. The molecule has 1 aliphatic rings. The third-order valence-electron chi connectivity index (χ3n) is 3.11. The monoisotopic (exact) mass is 251 g/mol. The molecule has 4 nitrogen and oxygen atoms in total. The van der Waals surface area contributed by atoms with Gasteiger partial charge in [0.1, 0.15) is 16.9 Å². The fourth-order valence-electron chi connectivity index (χ4n) is 2.18. The van der Waals surface area contributed by atoms with Crippen LogP contribution in [0.3, 0.4) is 0 Å². The molecule has 2 rings (SSSR count). The van der Waals surface area contributed by atoms with E-state index < -0.39 is 0 Å². The normalized spacial score (nSPS) is 19.4. The van der Waals surface area contributed by atoms with Crippen molar-refractivity contribution in [2.24, 2.45) is 5.92 Å². The number of aliphatic hydroxyl groups excluding tert-OH is 1. The highest BCUT2D eigenvalue weighted by molar-refractivity contribution is 6.34. The summed E-state index contributed by atoms with van der Waals surface area (Å²) in [5.41, 5.74) is 0.460. The van der Waals surface area contributed by atoms with Crippen LogP contribution in [0.5, 0.6) is 0 Å². The van der Waals surface area contributed by atoms with Crippen LogP contribution in [0.25, 0.3) is 0 Å². The van der Waals surface area contributed by atoms with Crippen molar-refractivity contribution < 1.29 is 5.11 Å². The Kier molecular flexibility index (Phi) is 3.82. The number of hydrogen-bond donors (Lipinski definition) is 1. The number of nitriles is 1. The lowest BCUT2D eigenvalue weighted by atomic mass is 10.1. The molecule has 1 aliphatic heterocycles. The van der Waals surface area contributed by atoms with E-state index in [0.29, 0.717) is 22.3 Å². The summed E-state index contributed by atoms with van der Waals surface area (Å²) in [5, 5.41) is 18.3. The lowest BCUT2D eigenvalue weighted by Gasteiger charge is -2.18. The second-order valence-corrected chi connectivity index (χ2v) is 4.60. The van der Waals surface area contributed by atoms with E-state index in [1.165, 1.54) is 0 Å². The lowest BCUT2D eigenvalue weighted by Crippen LogP contribution is -2.21. The van der Waals surface area contributed by atoms with Gasteiger partial charge < -0.3 is 10.0 Å². The Balaban J connectivity index is 2.17. The van der Waals surface area contributed by atoms with Crippen molar-refractivity contribution >= 4 is 17.4 Å². The predicted molar refractivity (Wildman–Crippen MR) is 66.0 cm³/mol. The first kappa shape index (κ1) is 12.2. The minimum absolute atomic E-state index is 0.220. The Morgan fingerprint density at radius 3 is 3.18 bits per heavy atom. The molecule has 1 unspecified atom stereocenters. The van der Waals surface area contributed by atoms with E-state index in [1.54, 1.807) is 12.3 Å². The zero-order valence-corrected chi connectivity index (χ0v) is 10.2. The summed E-state index contributed by atoms with van der Waals surface area (Å²) in [6, 6.07) is 3.68. The minimum atomic E-state index is 0.220. The molecule has 1 N–H and O–H groups in total. The Morgan fingerprint density at radius 2 is 2.47 bits per heavy atom. The first-order valence-electron chi connectivity index (χ1n) is 5.66. The summed E-state index contributed by atoms with van der Waals surface area (Å²) >= 11 is 6.14. The second kappa shape index (κ2) is 5.35. The molecule has 0 aromatic carbocycles. The smallest absolute Gasteiger partial charge is 0.148 e. The Hall–Kier alpha value is -1.31. The summed E-state index contributed by atoms with van der Waals surface area (Å²) in [5.74, 6) is 1.18. The van der Waals surface area contributed by atoms with Gasteiger partial charge in [-0.05, 0) is 24.8 Å². The molecule has 0 saturated carbocycles. The molecule has 5 heteroatoms. The van der Waals surface area contributed by atoms with Gasteiger partial charge in [-0.25, -0.2) is 4.98 Å². The van der Waals surface area contributed by atoms with Crippen molar-refractivity contribution in [3.8, 4) is 6.07 Å². The minimum Gasteiger partial charge on any atom is -0.396 e. The topological polar surface area (TPSA) is 60.2 Å². The molecule has 17 heavy (non-hydrogen) atoms. The van der Waals surface area contributed by atoms with Gasteiger partial charge in [0.05, 0.1) is 5.56 Å². The Morgan fingerprint density at radius 1 is 1.65 bits per heavy atom. The van der Waals surface area contributed by atoms with Gasteiger partial charge in [0.2, 0.25) is 0 Å². The van der Waals surface area contributed by atoms with Crippen molar-refractivity contribution in [2.75, 3.05) is 24.6 Å². The molecule has 1 atom stereocenters. The van der Waals surface area contributed by atoms with Crippen molar-refractivity contribution in [3.05, 3.63) is 22.8 Å². The maximum absolute atomic E-state index is 8.92. The molecule has 0 amide bonds. The molecule has 0 radical (unpaired) electrons. The number of pyridine rings is 1. The van der Waals surface area contributed by atoms with Crippen LogP contribution in [0.2, 0.25) is 5.02 Å². The first-order valence-corrected chi connectivity index (χ1v) is 6.04. The van der Waals surface area contributed by atoms with E-state index in [1.807, 2.05) is 0 Å². The van der Waals surface area contributed by atoms with Crippen LogP contribution >= 0.6 is 11.6 Å². The largest absolute Gasteiger partial charge is 0.396 e. The highest BCUT2D eigenvalue weighted by Gasteiger charge is 2.25. The van der Waals surface area contributed by atoms with Crippen molar-refractivity contribution in [2.45, 2.75) is 12.8 Å². The molecule has 0 spiro atoms. The SMILES string of the molecule is N#Cc1ccnc(N2CCC(CCO)C2)c1Cl. The lowest BCUT2D eigenvalue weighted by molar-refractivity contribution is 0.263. The number of nitrogens with zero attached hydrogens (tertiary/aromatic N) is 3. The van der Waals surface area contributed by atoms with E-state index in [9.17, 15) is 0 Å². The maximum Gasteiger partial charge on any atom is 0.148 e. The van der Waals surface area contributed by atoms with E-state index in [0.717, 1.165) is 25.9 Å². The quantitative estimate of drug-likeness (QED) is 0.890. The molecular formula is C12H14ClN3O. The van der Waals surface area contributed by atoms with Crippen LogP contribution < -0.4 is 4.90 Å². The number of rotatable bonds is 3. The van der Waals surface area contributed by atoms with E-state index >= 15 is 0 Å². The summed E-state index contributed by atoms with van der Waals surface area (Å²) in [7, 11) is 0. The molecular weight excluding hydrogens is 238 g/mol. The summed E-state index contributed by atoms with van der Waals surface area (Å²) in [4.78, 5) is 6.33. The number of anilines is 1. The van der Waals surface area contributed by atoms with Crippen LogP contribution in [-0.2, 0) is 0 Å². The van der Waals surface area contributed by atoms with Crippen molar-refractivity contribution in [1.82, 2.24) is 4.98 Å². The number of aliphatic hydroxyl groups is 1. The summed E-state index contributed by atoms with van der Waals surface area (Å²) in [6.07, 6.45) is 3.46. The second-order valence-electron chi connectivity index (χ2n) is 4.22. The zero-order valence-electron chi connectivity index (χ0n) is 9.43. The van der Waals surface area contributed by atoms with Crippen LogP contribution in [0, 0.1) is 17.2 Å². The van der Waals surface area contributed by atoms with Crippen LogP contribution in [-0.4, -0.2) is 29.8 Å². The summed E-state index contributed by atoms with van der Waals surface area (Å²) < 4.78 is 0. The highest BCUT2D eigenvalue weighted by Crippen LogP contribution is 2.31. The fraction of sp³-hybridized carbons (Fsp3) is 0.500. The predicted octanol–water partition coefficient (Wildman–Crippen LogP) is 1.82. The van der Waals surface area contributed by atoms with Gasteiger partial charge in [-0.2, -0.15) is 5.26 Å². The first-order chi connectivity index (χ1) is 8.26. The molecule has 0 bridgehead atoms. The number of aromatic nitrogens is 1. The molecule has 90 valence electrons. The highest BCUT2D eigenvalue weighted by atomic mass is 35.5. The van der Waals surface area contributed by atoms with E-state index in [4.69, 9.17) is 22.0 Å².